The Labute approximate surface area is 181 Å². The van der Waals surface area contributed by atoms with E-state index in [2.05, 4.69) is 45.0 Å². The number of hydrogen-bond acceptors (Lipinski definition) is 4. The van der Waals surface area contributed by atoms with E-state index in [9.17, 15) is 4.79 Å². The van der Waals surface area contributed by atoms with Crippen molar-refractivity contribution in [1.82, 2.24) is 15.2 Å². The van der Waals surface area contributed by atoms with Gasteiger partial charge in [-0.15, -0.1) is 0 Å². The highest BCUT2D eigenvalue weighted by Crippen LogP contribution is 2.29. The van der Waals surface area contributed by atoms with Crippen LogP contribution in [0.2, 0.25) is 0 Å². The third kappa shape index (κ3) is 5.24. The number of piperidine rings is 1. The quantitative estimate of drug-likeness (QED) is 0.529. The highest BCUT2D eigenvalue weighted by atomic mass is 16.1. The van der Waals surface area contributed by atoms with Crippen LogP contribution in [0.25, 0.3) is 0 Å². The molecule has 3 N–H and O–H groups in total. The van der Waals surface area contributed by atoms with Crippen molar-refractivity contribution in [1.29, 1.82) is 0 Å². The average Bonchev–Trinajstić information content (AvgIpc) is 3.25. The number of carbonyl (C=O) groups excluding carboxylic acids is 1. The first kappa shape index (κ1) is 22.4. The van der Waals surface area contributed by atoms with Gasteiger partial charge in [-0.25, -0.2) is 4.98 Å². The summed E-state index contributed by atoms with van der Waals surface area (Å²) in [7, 11) is 1.87. The van der Waals surface area contributed by atoms with E-state index in [0.717, 1.165) is 68.2 Å². The zero-order valence-corrected chi connectivity index (χ0v) is 18.8. The van der Waals surface area contributed by atoms with Crippen LogP contribution < -0.4 is 16.0 Å². The highest BCUT2D eigenvalue weighted by molar-refractivity contribution is 5.80. The number of anilines is 1. The Kier molecular flexibility index (Phi) is 7.94. The Balaban J connectivity index is 1.60. The van der Waals surface area contributed by atoms with Gasteiger partial charge in [0.1, 0.15) is 5.82 Å². The summed E-state index contributed by atoms with van der Waals surface area (Å²) >= 11 is 0. The van der Waals surface area contributed by atoms with Crippen molar-refractivity contribution in [3.63, 3.8) is 0 Å². The number of guanidine groups is 1. The number of aromatic nitrogens is 1. The molecular formula is C23H38N6O. The lowest BCUT2D eigenvalue weighted by molar-refractivity contribution is -0.122. The van der Waals surface area contributed by atoms with Crippen LogP contribution in [0.3, 0.4) is 0 Å². The van der Waals surface area contributed by atoms with Crippen LogP contribution in [0.4, 0.5) is 5.82 Å². The summed E-state index contributed by atoms with van der Waals surface area (Å²) in [5.41, 5.74) is 6.64. The lowest BCUT2D eigenvalue weighted by atomic mass is 9.87. The van der Waals surface area contributed by atoms with E-state index in [1.165, 1.54) is 19.3 Å². The zero-order valence-electron chi connectivity index (χ0n) is 18.8. The van der Waals surface area contributed by atoms with Crippen molar-refractivity contribution in [3.8, 4) is 0 Å². The number of amides is 1. The number of nitrogens with zero attached hydrogens (tertiary/aromatic N) is 4. The molecule has 166 valence electrons. The number of hydrogen-bond donors (Lipinski definition) is 2. The van der Waals surface area contributed by atoms with Gasteiger partial charge in [0.05, 0.1) is 0 Å². The molecule has 0 radical (unpaired) electrons. The molecule has 30 heavy (non-hydrogen) atoms. The second kappa shape index (κ2) is 10.6. The Morgan fingerprint density at radius 2 is 2.00 bits per heavy atom. The molecule has 0 aliphatic carbocycles. The maximum atomic E-state index is 11.5. The fourth-order valence-electron chi connectivity index (χ4n) is 5.06. The molecule has 7 heteroatoms. The predicted molar refractivity (Wildman–Crippen MR) is 122 cm³/mol. The largest absolute Gasteiger partial charge is 0.369 e. The molecule has 1 atom stereocenters. The van der Waals surface area contributed by atoms with E-state index in [0.29, 0.717) is 6.54 Å². The molecule has 0 aromatic carbocycles. The summed E-state index contributed by atoms with van der Waals surface area (Å²) in [6, 6.07) is 4.11. The van der Waals surface area contributed by atoms with Gasteiger partial charge in [0.25, 0.3) is 0 Å². The molecule has 0 saturated carbocycles. The smallest absolute Gasteiger partial charge is 0.220 e. The number of nitrogens with two attached hydrogens (primary N) is 1. The number of pyridine rings is 1. The molecule has 7 nitrogen and oxygen atoms in total. The summed E-state index contributed by atoms with van der Waals surface area (Å²) in [6.45, 7) is 9.09. The molecule has 1 aromatic heterocycles. The van der Waals surface area contributed by atoms with E-state index < -0.39 is 0 Å². The first-order valence-corrected chi connectivity index (χ1v) is 11.5. The minimum atomic E-state index is -0.182. The third-order valence-corrected chi connectivity index (χ3v) is 6.95. The van der Waals surface area contributed by atoms with E-state index in [-0.39, 0.29) is 11.8 Å². The zero-order chi connectivity index (χ0) is 21.5. The van der Waals surface area contributed by atoms with Gasteiger partial charge in [0.2, 0.25) is 5.91 Å². The lowest BCUT2D eigenvalue weighted by Crippen LogP contribution is -2.41. The minimum absolute atomic E-state index is 0.0106. The molecule has 1 unspecified atom stereocenters. The summed E-state index contributed by atoms with van der Waals surface area (Å²) < 4.78 is 0. The van der Waals surface area contributed by atoms with Crippen LogP contribution in [-0.2, 0) is 11.3 Å². The molecule has 3 rings (SSSR count). The van der Waals surface area contributed by atoms with E-state index in [1.807, 2.05) is 19.3 Å². The second-order valence-electron chi connectivity index (χ2n) is 8.62. The molecule has 2 aliphatic rings. The van der Waals surface area contributed by atoms with Gasteiger partial charge in [-0.05, 0) is 37.2 Å². The standard InChI is InChI=1S/C23H38N6O/c1-4-17(5-2)20-10-14-29(16-20)23(25-3)27-15-19-7-6-11-26-22(19)28-12-8-18(9-13-28)21(24)30/h6-7,11,17-18,20H,4-5,8-10,12-16H2,1-3H3,(H2,24,30)(H,25,27). The molecule has 2 fully saturated rings. The number of rotatable bonds is 7. The molecule has 2 aliphatic heterocycles. The maximum absolute atomic E-state index is 11.5. The number of aliphatic imine (C=N–C) groups is 1. The molecular weight excluding hydrogens is 376 g/mol. The van der Waals surface area contributed by atoms with Crippen molar-refractivity contribution in [2.45, 2.75) is 52.5 Å². The van der Waals surface area contributed by atoms with Crippen molar-refractivity contribution in [2.75, 3.05) is 38.1 Å². The van der Waals surface area contributed by atoms with Crippen LogP contribution in [0.5, 0.6) is 0 Å². The van der Waals surface area contributed by atoms with Crippen LogP contribution in [-0.4, -0.2) is 55.0 Å². The number of primary amides is 1. The third-order valence-electron chi connectivity index (χ3n) is 6.95. The van der Waals surface area contributed by atoms with Gasteiger partial charge in [0, 0.05) is 57.4 Å². The van der Waals surface area contributed by atoms with Gasteiger partial charge < -0.3 is 20.9 Å². The topological polar surface area (TPSA) is 86.8 Å². The van der Waals surface area contributed by atoms with Gasteiger partial charge in [0.15, 0.2) is 5.96 Å². The monoisotopic (exact) mass is 414 g/mol. The van der Waals surface area contributed by atoms with Crippen LogP contribution >= 0.6 is 0 Å². The van der Waals surface area contributed by atoms with Gasteiger partial charge in [-0.2, -0.15) is 0 Å². The molecule has 1 amide bonds. The Morgan fingerprint density at radius 3 is 2.63 bits per heavy atom. The Bertz CT molecular complexity index is 724. The van der Waals surface area contributed by atoms with Crippen molar-refractivity contribution in [3.05, 3.63) is 23.9 Å². The number of nitrogens with one attached hydrogen (secondary N) is 1. The molecule has 2 saturated heterocycles. The van der Waals surface area contributed by atoms with E-state index >= 15 is 0 Å². The van der Waals surface area contributed by atoms with Crippen LogP contribution in [0.15, 0.2) is 23.3 Å². The summed E-state index contributed by atoms with van der Waals surface area (Å²) in [5, 5.41) is 3.56. The fraction of sp³-hybridized carbons (Fsp3) is 0.696. The molecule has 0 spiro atoms. The van der Waals surface area contributed by atoms with E-state index in [1.54, 1.807) is 0 Å². The van der Waals surface area contributed by atoms with Gasteiger partial charge >= 0.3 is 0 Å². The first-order valence-electron chi connectivity index (χ1n) is 11.5. The van der Waals surface area contributed by atoms with E-state index in [4.69, 9.17) is 5.73 Å². The van der Waals surface area contributed by atoms with Crippen LogP contribution in [0.1, 0.15) is 51.5 Å². The molecule has 3 heterocycles. The minimum Gasteiger partial charge on any atom is -0.369 e. The second-order valence-corrected chi connectivity index (χ2v) is 8.62. The Morgan fingerprint density at radius 1 is 1.27 bits per heavy atom. The maximum Gasteiger partial charge on any atom is 0.220 e. The first-order chi connectivity index (χ1) is 14.6. The van der Waals surface area contributed by atoms with Gasteiger partial charge in [-0.3, -0.25) is 9.79 Å². The summed E-state index contributed by atoms with van der Waals surface area (Å²) in [4.78, 5) is 25.3. The molecule has 0 bridgehead atoms. The Hall–Kier alpha value is -2.31. The SMILES string of the molecule is CCC(CC)C1CCN(C(=NC)NCc2cccnc2N2CCC(C(N)=O)CC2)C1. The van der Waals surface area contributed by atoms with Gasteiger partial charge in [-0.1, -0.05) is 32.8 Å². The van der Waals surface area contributed by atoms with Crippen molar-refractivity contribution >= 4 is 17.7 Å². The van der Waals surface area contributed by atoms with Crippen LogP contribution in [0, 0.1) is 17.8 Å². The highest BCUT2D eigenvalue weighted by Gasteiger charge is 2.29. The predicted octanol–water partition coefficient (Wildman–Crippen LogP) is 2.62. The summed E-state index contributed by atoms with van der Waals surface area (Å²) in [5.74, 6) is 3.35. The van der Waals surface area contributed by atoms with Crippen molar-refractivity contribution < 1.29 is 4.79 Å². The van der Waals surface area contributed by atoms with Crippen molar-refractivity contribution in [2.24, 2.45) is 28.5 Å². The summed E-state index contributed by atoms with van der Waals surface area (Å²) in [6.07, 6.45) is 7.20. The fourth-order valence-corrected chi connectivity index (χ4v) is 5.06. The number of carbonyl (C=O) groups is 1. The lowest BCUT2D eigenvalue weighted by Gasteiger charge is -2.33. The normalized spacial score (nSPS) is 20.8. The average molecular weight is 415 g/mol. The number of likely N-dealkylation sites (tertiary alicyclic amines) is 1. The molecule has 1 aromatic rings.